The number of benzene rings is 2. The van der Waals surface area contributed by atoms with Crippen molar-refractivity contribution >= 4 is 38.3 Å². The summed E-state index contributed by atoms with van der Waals surface area (Å²) < 4.78 is 5.93. The number of rotatable bonds is 2. The summed E-state index contributed by atoms with van der Waals surface area (Å²) in [5, 5.41) is 18.6. The zero-order chi connectivity index (χ0) is 14.8. The molecule has 0 saturated heterocycles. The van der Waals surface area contributed by atoms with E-state index in [-0.39, 0.29) is 5.75 Å². The van der Waals surface area contributed by atoms with Crippen LogP contribution in [-0.4, -0.2) is 5.11 Å². The lowest BCUT2D eigenvalue weighted by Crippen LogP contribution is -1.93. The Labute approximate surface area is 127 Å². The minimum absolute atomic E-state index is 0.0993. The molecule has 0 aliphatic carbocycles. The fourth-order valence-electron chi connectivity index (χ4n) is 1.79. The van der Waals surface area contributed by atoms with Gasteiger partial charge in [-0.2, -0.15) is 5.11 Å². The summed E-state index contributed by atoms with van der Waals surface area (Å²) in [7, 11) is 0. The summed E-state index contributed by atoms with van der Waals surface area (Å²) in [5.41, 5.74) is 0.810. The first-order chi connectivity index (χ1) is 10.1. The third-order valence-corrected chi connectivity index (χ3v) is 3.35. The summed E-state index contributed by atoms with van der Waals surface area (Å²) in [6.45, 7) is 0. The summed E-state index contributed by atoms with van der Waals surface area (Å²) in [4.78, 5) is 11.1. The van der Waals surface area contributed by atoms with Crippen molar-refractivity contribution < 1.29 is 9.52 Å². The van der Waals surface area contributed by atoms with Crippen molar-refractivity contribution in [3.8, 4) is 5.75 Å². The third-order valence-electron chi connectivity index (χ3n) is 2.82. The van der Waals surface area contributed by atoms with Gasteiger partial charge in [-0.15, -0.1) is 5.11 Å². The highest BCUT2D eigenvalue weighted by Gasteiger charge is 2.05. The standard InChI is InChI=1S/C15H9BrN2O3/c16-10-2-4-11(5-3-10)17-18-12-7-9-1-6-15(20)21-14(9)8-13(12)19/h1-8,19H/b18-17+. The van der Waals surface area contributed by atoms with Gasteiger partial charge in [0.2, 0.25) is 0 Å². The predicted molar refractivity (Wildman–Crippen MR) is 82.5 cm³/mol. The van der Waals surface area contributed by atoms with E-state index in [0.717, 1.165) is 4.47 Å². The van der Waals surface area contributed by atoms with Gasteiger partial charge in [-0.3, -0.25) is 0 Å². The van der Waals surface area contributed by atoms with E-state index in [0.29, 0.717) is 22.3 Å². The topological polar surface area (TPSA) is 75.2 Å². The molecule has 1 heterocycles. The minimum Gasteiger partial charge on any atom is -0.505 e. The number of nitrogens with zero attached hydrogens (tertiary/aromatic N) is 2. The number of hydrogen-bond acceptors (Lipinski definition) is 5. The molecule has 21 heavy (non-hydrogen) atoms. The Balaban J connectivity index is 2.00. The molecule has 6 heteroatoms. The first-order valence-corrected chi connectivity index (χ1v) is 6.85. The van der Waals surface area contributed by atoms with Crippen LogP contribution in [0.25, 0.3) is 11.0 Å². The van der Waals surface area contributed by atoms with Gasteiger partial charge >= 0.3 is 5.63 Å². The van der Waals surface area contributed by atoms with Crippen molar-refractivity contribution in [1.82, 2.24) is 0 Å². The van der Waals surface area contributed by atoms with Gasteiger partial charge in [0.15, 0.2) is 0 Å². The largest absolute Gasteiger partial charge is 0.505 e. The van der Waals surface area contributed by atoms with Crippen molar-refractivity contribution in [2.75, 3.05) is 0 Å². The minimum atomic E-state index is -0.467. The van der Waals surface area contributed by atoms with Gasteiger partial charge in [0.1, 0.15) is 17.0 Å². The van der Waals surface area contributed by atoms with Crippen LogP contribution in [-0.2, 0) is 0 Å². The Morgan fingerprint density at radius 3 is 2.52 bits per heavy atom. The number of halogens is 1. The maximum atomic E-state index is 11.1. The van der Waals surface area contributed by atoms with E-state index in [9.17, 15) is 9.90 Å². The van der Waals surface area contributed by atoms with Gasteiger partial charge in [0.25, 0.3) is 0 Å². The maximum Gasteiger partial charge on any atom is 0.336 e. The van der Waals surface area contributed by atoms with Crippen LogP contribution in [0.1, 0.15) is 0 Å². The van der Waals surface area contributed by atoms with Crippen molar-refractivity contribution in [2.24, 2.45) is 10.2 Å². The molecule has 0 aliphatic heterocycles. The molecule has 1 aromatic heterocycles. The molecule has 0 bridgehead atoms. The highest BCUT2D eigenvalue weighted by atomic mass is 79.9. The van der Waals surface area contributed by atoms with Crippen LogP contribution in [0.15, 0.2) is 72.4 Å². The molecule has 3 aromatic rings. The first kappa shape index (κ1) is 13.5. The highest BCUT2D eigenvalue weighted by Crippen LogP contribution is 2.32. The molecule has 0 saturated carbocycles. The molecule has 0 fully saturated rings. The summed E-state index contributed by atoms with van der Waals surface area (Å²) in [6.07, 6.45) is 0. The second kappa shape index (κ2) is 5.49. The van der Waals surface area contributed by atoms with E-state index in [1.165, 1.54) is 12.1 Å². The van der Waals surface area contributed by atoms with E-state index in [4.69, 9.17) is 4.42 Å². The molecule has 0 spiro atoms. The van der Waals surface area contributed by atoms with Gasteiger partial charge in [-0.1, -0.05) is 15.9 Å². The number of phenolic OH excluding ortho intramolecular Hbond substituents is 1. The van der Waals surface area contributed by atoms with Crippen molar-refractivity contribution in [3.05, 3.63) is 63.4 Å². The van der Waals surface area contributed by atoms with E-state index in [2.05, 4.69) is 26.2 Å². The van der Waals surface area contributed by atoms with E-state index in [1.54, 1.807) is 24.3 Å². The van der Waals surface area contributed by atoms with Crippen LogP contribution < -0.4 is 5.63 Å². The van der Waals surface area contributed by atoms with Crippen LogP contribution in [0.3, 0.4) is 0 Å². The molecule has 3 rings (SSSR count). The lowest BCUT2D eigenvalue weighted by Gasteiger charge is -2.00. The van der Waals surface area contributed by atoms with Crippen LogP contribution in [0, 0.1) is 0 Å². The molecule has 5 nitrogen and oxygen atoms in total. The normalized spacial score (nSPS) is 11.3. The van der Waals surface area contributed by atoms with Gasteiger partial charge in [0, 0.05) is 22.0 Å². The number of hydrogen-bond donors (Lipinski definition) is 1. The Morgan fingerprint density at radius 1 is 1.00 bits per heavy atom. The fraction of sp³-hybridized carbons (Fsp3) is 0. The van der Waals surface area contributed by atoms with E-state index >= 15 is 0 Å². The van der Waals surface area contributed by atoms with Crippen LogP contribution in [0.4, 0.5) is 11.4 Å². The molecule has 0 unspecified atom stereocenters. The van der Waals surface area contributed by atoms with E-state index < -0.39 is 5.63 Å². The third kappa shape index (κ3) is 3.00. The van der Waals surface area contributed by atoms with Crippen molar-refractivity contribution in [1.29, 1.82) is 0 Å². The molecule has 104 valence electrons. The predicted octanol–water partition coefficient (Wildman–Crippen LogP) is 4.68. The fourth-order valence-corrected chi connectivity index (χ4v) is 2.06. The molecular weight excluding hydrogens is 336 g/mol. The summed E-state index contributed by atoms with van der Waals surface area (Å²) >= 11 is 3.34. The highest BCUT2D eigenvalue weighted by molar-refractivity contribution is 9.10. The van der Waals surface area contributed by atoms with Gasteiger partial charge in [-0.05, 0) is 36.4 Å². The lowest BCUT2D eigenvalue weighted by atomic mass is 10.2. The lowest BCUT2D eigenvalue weighted by molar-refractivity contribution is 0.474. The van der Waals surface area contributed by atoms with E-state index in [1.807, 2.05) is 12.1 Å². The average molecular weight is 345 g/mol. The SMILES string of the molecule is O=c1ccc2cc(/N=N/c3ccc(Br)cc3)c(O)cc2o1. The number of aromatic hydroxyl groups is 1. The summed E-state index contributed by atoms with van der Waals surface area (Å²) in [6, 6.07) is 13.2. The Hall–Kier alpha value is -2.47. The number of fused-ring (bicyclic) bond motifs is 1. The van der Waals surface area contributed by atoms with Crippen molar-refractivity contribution in [2.45, 2.75) is 0 Å². The number of phenols is 1. The second-order valence-electron chi connectivity index (χ2n) is 4.31. The monoisotopic (exact) mass is 344 g/mol. The molecule has 0 aliphatic rings. The van der Waals surface area contributed by atoms with Crippen LogP contribution >= 0.6 is 15.9 Å². The average Bonchev–Trinajstić information content (AvgIpc) is 2.47. The zero-order valence-corrected chi connectivity index (χ0v) is 12.2. The quantitative estimate of drug-likeness (QED) is 0.541. The van der Waals surface area contributed by atoms with Crippen molar-refractivity contribution in [3.63, 3.8) is 0 Å². The maximum absolute atomic E-state index is 11.1. The Kier molecular flexibility index (Phi) is 3.53. The Morgan fingerprint density at radius 2 is 1.76 bits per heavy atom. The Bertz CT molecular complexity index is 886. The van der Waals surface area contributed by atoms with Crippen LogP contribution in [0.5, 0.6) is 5.75 Å². The molecule has 2 aromatic carbocycles. The summed E-state index contributed by atoms with van der Waals surface area (Å²) in [5.74, 6) is -0.0993. The zero-order valence-electron chi connectivity index (χ0n) is 10.7. The molecule has 0 atom stereocenters. The van der Waals surface area contributed by atoms with Crippen LogP contribution in [0.2, 0.25) is 0 Å². The first-order valence-electron chi connectivity index (χ1n) is 6.06. The number of azo groups is 1. The molecule has 1 N–H and O–H groups in total. The second-order valence-corrected chi connectivity index (χ2v) is 5.23. The van der Waals surface area contributed by atoms with Gasteiger partial charge in [0.05, 0.1) is 5.69 Å². The van der Waals surface area contributed by atoms with Gasteiger partial charge in [-0.25, -0.2) is 4.79 Å². The molecular formula is C15H9BrN2O3. The molecule has 0 amide bonds. The van der Waals surface area contributed by atoms with Gasteiger partial charge < -0.3 is 9.52 Å². The molecule has 0 radical (unpaired) electrons. The smallest absolute Gasteiger partial charge is 0.336 e.